The molecule has 3 aromatic rings. The topological polar surface area (TPSA) is 90.0 Å². The number of carbonyl (C=O) groups excluding carboxylic acids is 1. The van der Waals surface area contributed by atoms with E-state index in [4.69, 9.17) is 9.97 Å². The number of nitrogens with one attached hydrogen (secondary N) is 2. The average Bonchev–Trinajstić information content (AvgIpc) is 3.70. The van der Waals surface area contributed by atoms with Crippen LogP contribution >= 0.6 is 0 Å². The molecule has 2 fully saturated rings. The number of aromatic amines is 1. The summed E-state index contributed by atoms with van der Waals surface area (Å²) in [4.78, 5) is 27.4. The van der Waals surface area contributed by atoms with Gasteiger partial charge in [-0.25, -0.2) is 4.98 Å². The number of anilines is 3. The van der Waals surface area contributed by atoms with Crippen molar-refractivity contribution < 1.29 is 4.79 Å². The van der Waals surface area contributed by atoms with Crippen LogP contribution in [0.4, 0.5) is 17.6 Å². The van der Waals surface area contributed by atoms with Crippen molar-refractivity contribution in [2.75, 3.05) is 23.8 Å². The second-order valence-electron chi connectivity index (χ2n) is 10.9. The number of hydrogen-bond acceptors (Lipinski definition) is 6. The quantitative estimate of drug-likeness (QED) is 0.470. The highest BCUT2D eigenvalue weighted by Gasteiger charge is 2.35. The molecule has 1 aromatic carbocycles. The Kier molecular flexibility index (Phi) is 6.81. The van der Waals surface area contributed by atoms with Gasteiger partial charge in [0, 0.05) is 43.4 Å². The predicted molar refractivity (Wildman–Crippen MR) is 145 cm³/mol. The van der Waals surface area contributed by atoms with E-state index in [1.54, 1.807) is 0 Å². The summed E-state index contributed by atoms with van der Waals surface area (Å²) in [6, 6.07) is 12.1. The summed E-state index contributed by atoms with van der Waals surface area (Å²) in [5.41, 5.74) is 4.65. The number of fused-ring (bicyclic) bond motifs is 1. The van der Waals surface area contributed by atoms with Crippen LogP contribution in [-0.4, -0.2) is 50.6 Å². The van der Waals surface area contributed by atoms with Gasteiger partial charge in [-0.15, -0.1) is 0 Å². The standard InChI is InChI=1S/C29H37N7O/c1-35(19-20-10-4-2-5-11-20)28(37)25-16-9-17-36(25)29-30-23-15-8-14-22(23)27(32-29)31-26-18-24(33-34-26)21-12-6-3-7-13-21/h2,4-5,10-11,18,21,25H,3,6-9,12-17,19H2,1H3,(H2,30,31,32,33,34)/t25-/m1/s1. The third-order valence-corrected chi connectivity index (χ3v) is 8.24. The summed E-state index contributed by atoms with van der Waals surface area (Å²) in [7, 11) is 1.89. The van der Waals surface area contributed by atoms with E-state index in [0.717, 1.165) is 61.5 Å². The first-order valence-electron chi connectivity index (χ1n) is 13.9. The number of amides is 1. The van der Waals surface area contributed by atoms with Gasteiger partial charge in [-0.1, -0.05) is 49.6 Å². The number of nitrogens with zero attached hydrogens (tertiary/aromatic N) is 5. The highest BCUT2D eigenvalue weighted by Crippen LogP contribution is 2.35. The summed E-state index contributed by atoms with van der Waals surface area (Å²) < 4.78 is 0. The Morgan fingerprint density at radius 1 is 1.05 bits per heavy atom. The van der Waals surface area contributed by atoms with E-state index in [9.17, 15) is 4.79 Å². The summed E-state index contributed by atoms with van der Waals surface area (Å²) in [6.45, 7) is 1.40. The van der Waals surface area contributed by atoms with Gasteiger partial charge in [-0.05, 0) is 50.5 Å². The molecule has 0 bridgehead atoms. The zero-order valence-electron chi connectivity index (χ0n) is 21.7. The molecule has 8 nitrogen and oxygen atoms in total. The molecule has 1 amide bonds. The minimum absolute atomic E-state index is 0.129. The van der Waals surface area contributed by atoms with Crippen LogP contribution in [0, 0.1) is 0 Å². The van der Waals surface area contributed by atoms with Gasteiger partial charge in [-0.3, -0.25) is 9.89 Å². The molecule has 2 aliphatic carbocycles. The molecule has 3 aliphatic rings. The Balaban J connectivity index is 1.22. The van der Waals surface area contributed by atoms with Crippen LogP contribution in [-0.2, 0) is 24.2 Å². The Morgan fingerprint density at radius 3 is 2.73 bits per heavy atom. The molecular formula is C29H37N7O. The van der Waals surface area contributed by atoms with Crippen LogP contribution in [0.3, 0.4) is 0 Å². The summed E-state index contributed by atoms with van der Waals surface area (Å²) in [6.07, 6.45) is 11.2. The Hall–Kier alpha value is -3.42. The van der Waals surface area contributed by atoms with Gasteiger partial charge in [0.15, 0.2) is 5.82 Å². The van der Waals surface area contributed by atoms with Crippen LogP contribution in [0.15, 0.2) is 36.4 Å². The number of likely N-dealkylation sites (N-methyl/N-ethyl adjacent to an activating group) is 1. The third-order valence-electron chi connectivity index (χ3n) is 8.24. The van der Waals surface area contributed by atoms with Crippen molar-refractivity contribution in [3.63, 3.8) is 0 Å². The Labute approximate surface area is 218 Å². The second-order valence-corrected chi connectivity index (χ2v) is 10.9. The lowest BCUT2D eigenvalue weighted by Gasteiger charge is -2.28. The van der Waals surface area contributed by atoms with E-state index >= 15 is 0 Å². The number of benzene rings is 1. The van der Waals surface area contributed by atoms with Crippen molar-refractivity contribution in [3.05, 3.63) is 58.9 Å². The molecule has 0 unspecified atom stereocenters. The lowest BCUT2D eigenvalue weighted by atomic mass is 9.87. The van der Waals surface area contributed by atoms with Crippen molar-refractivity contribution in [3.8, 4) is 0 Å². The normalized spacial score (nSPS) is 19.7. The van der Waals surface area contributed by atoms with Gasteiger partial charge < -0.3 is 15.1 Å². The average molecular weight is 500 g/mol. The summed E-state index contributed by atoms with van der Waals surface area (Å²) in [5.74, 6) is 3.03. The van der Waals surface area contributed by atoms with Gasteiger partial charge >= 0.3 is 0 Å². The molecule has 6 rings (SSSR count). The molecule has 1 saturated heterocycles. The van der Waals surface area contributed by atoms with Crippen molar-refractivity contribution in [1.82, 2.24) is 25.1 Å². The van der Waals surface area contributed by atoms with Crippen LogP contribution in [0.1, 0.15) is 79.8 Å². The van der Waals surface area contributed by atoms with Crippen molar-refractivity contribution in [1.29, 1.82) is 0 Å². The Morgan fingerprint density at radius 2 is 1.89 bits per heavy atom. The maximum Gasteiger partial charge on any atom is 0.245 e. The molecule has 8 heteroatoms. The zero-order valence-corrected chi connectivity index (χ0v) is 21.7. The molecule has 0 radical (unpaired) electrons. The van der Waals surface area contributed by atoms with E-state index in [-0.39, 0.29) is 11.9 Å². The third kappa shape index (κ3) is 5.06. The van der Waals surface area contributed by atoms with E-state index < -0.39 is 0 Å². The number of aromatic nitrogens is 4. The fraction of sp³-hybridized carbons (Fsp3) is 0.517. The van der Waals surface area contributed by atoms with Crippen LogP contribution in [0.2, 0.25) is 0 Å². The van der Waals surface area contributed by atoms with Gasteiger partial charge in [0.25, 0.3) is 0 Å². The van der Waals surface area contributed by atoms with E-state index in [0.29, 0.717) is 18.4 Å². The number of rotatable bonds is 7. The smallest absolute Gasteiger partial charge is 0.245 e. The largest absolute Gasteiger partial charge is 0.340 e. The van der Waals surface area contributed by atoms with Crippen molar-refractivity contribution in [2.24, 2.45) is 0 Å². The molecule has 1 saturated carbocycles. The molecule has 194 valence electrons. The first-order chi connectivity index (χ1) is 18.2. The summed E-state index contributed by atoms with van der Waals surface area (Å²) in [5, 5.41) is 11.4. The zero-order chi connectivity index (χ0) is 25.2. The maximum absolute atomic E-state index is 13.5. The van der Waals surface area contributed by atoms with Gasteiger partial charge in [-0.2, -0.15) is 10.1 Å². The fourth-order valence-corrected chi connectivity index (χ4v) is 6.25. The van der Waals surface area contributed by atoms with Gasteiger partial charge in [0.2, 0.25) is 11.9 Å². The number of carbonyl (C=O) groups is 1. The molecule has 3 heterocycles. The lowest BCUT2D eigenvalue weighted by molar-refractivity contribution is -0.131. The fourth-order valence-electron chi connectivity index (χ4n) is 6.25. The number of hydrogen-bond donors (Lipinski definition) is 2. The minimum atomic E-state index is -0.232. The molecule has 2 aromatic heterocycles. The highest BCUT2D eigenvalue weighted by atomic mass is 16.2. The number of H-pyrrole nitrogens is 1. The van der Waals surface area contributed by atoms with Crippen LogP contribution in [0.5, 0.6) is 0 Å². The van der Waals surface area contributed by atoms with E-state index in [2.05, 4.69) is 38.6 Å². The number of aryl methyl sites for hydroxylation is 1. The monoisotopic (exact) mass is 499 g/mol. The molecule has 0 spiro atoms. The molecule has 2 N–H and O–H groups in total. The van der Waals surface area contributed by atoms with Gasteiger partial charge in [0.05, 0.1) is 5.69 Å². The van der Waals surface area contributed by atoms with Crippen LogP contribution < -0.4 is 10.2 Å². The summed E-state index contributed by atoms with van der Waals surface area (Å²) >= 11 is 0. The van der Waals surface area contributed by atoms with Crippen LogP contribution in [0.25, 0.3) is 0 Å². The maximum atomic E-state index is 13.5. The van der Waals surface area contributed by atoms with E-state index in [1.165, 1.54) is 43.4 Å². The van der Waals surface area contributed by atoms with E-state index in [1.807, 2.05) is 30.1 Å². The first kappa shape index (κ1) is 23.9. The minimum Gasteiger partial charge on any atom is -0.340 e. The predicted octanol–water partition coefficient (Wildman–Crippen LogP) is 5.11. The molecule has 37 heavy (non-hydrogen) atoms. The molecule has 1 aliphatic heterocycles. The highest BCUT2D eigenvalue weighted by molar-refractivity contribution is 5.85. The molecular weight excluding hydrogens is 462 g/mol. The molecule has 1 atom stereocenters. The lowest BCUT2D eigenvalue weighted by Crippen LogP contribution is -2.44. The Bertz CT molecular complexity index is 1230. The van der Waals surface area contributed by atoms with Gasteiger partial charge in [0.1, 0.15) is 11.9 Å². The SMILES string of the molecule is CN(Cc1ccccc1)C(=O)[C@H]1CCCN1c1nc2c(c(Nc3cc(C4CCCCC4)[nH]n3)n1)CCC2. The van der Waals surface area contributed by atoms with Crippen molar-refractivity contribution in [2.45, 2.75) is 82.7 Å². The van der Waals surface area contributed by atoms with Crippen molar-refractivity contribution >= 4 is 23.5 Å². The second kappa shape index (κ2) is 10.5. The first-order valence-corrected chi connectivity index (χ1v) is 13.9.